The number of carbonyl (C=O) groups excluding carboxylic acids is 2. The van der Waals surface area contributed by atoms with Gasteiger partial charge in [-0.05, 0) is 25.0 Å². The molecule has 1 heterocycles. The summed E-state index contributed by atoms with van der Waals surface area (Å²) in [4.78, 5) is 23.7. The van der Waals surface area contributed by atoms with Crippen LogP contribution in [0.5, 0.6) is 0 Å². The Labute approximate surface area is 160 Å². The summed E-state index contributed by atoms with van der Waals surface area (Å²) < 4.78 is 26.3. The molecule has 1 aromatic heterocycles. The van der Waals surface area contributed by atoms with E-state index in [0.717, 1.165) is 42.8 Å². The van der Waals surface area contributed by atoms with Crippen molar-refractivity contribution in [1.29, 1.82) is 0 Å². The van der Waals surface area contributed by atoms with Gasteiger partial charge in [-0.3, -0.25) is 9.59 Å². The normalized spacial score (nSPS) is 10.6. The number of unbranched alkanes of at least 4 members (excludes halogenated alkanes) is 2. The summed E-state index contributed by atoms with van der Waals surface area (Å²) >= 11 is 1.36. The number of amides is 2. The van der Waals surface area contributed by atoms with Gasteiger partial charge in [0.2, 0.25) is 11.0 Å². The van der Waals surface area contributed by atoms with Crippen molar-refractivity contribution >= 4 is 28.3 Å². The van der Waals surface area contributed by atoms with Crippen molar-refractivity contribution in [1.82, 2.24) is 15.5 Å². The number of benzene rings is 1. The minimum Gasteiger partial charge on any atom is -0.352 e. The summed E-state index contributed by atoms with van der Waals surface area (Å²) in [6.45, 7) is 2.33. The summed E-state index contributed by atoms with van der Waals surface area (Å²) in [6, 6.07) is 2.76. The molecule has 0 saturated heterocycles. The number of hydrogen-bond donors (Lipinski definition) is 2. The third kappa shape index (κ3) is 7.01. The van der Waals surface area contributed by atoms with E-state index in [4.69, 9.17) is 0 Å². The van der Waals surface area contributed by atoms with E-state index in [2.05, 4.69) is 27.8 Å². The third-order valence-corrected chi connectivity index (χ3v) is 4.65. The number of carbonyl (C=O) groups is 2. The Hall–Kier alpha value is -2.42. The van der Waals surface area contributed by atoms with Crippen LogP contribution in [0.25, 0.3) is 0 Å². The van der Waals surface area contributed by atoms with E-state index in [1.165, 1.54) is 11.3 Å². The largest absolute Gasteiger partial charge is 0.352 e. The highest BCUT2D eigenvalue weighted by molar-refractivity contribution is 7.15. The number of nitrogens with one attached hydrogen (secondary N) is 2. The second-order valence-corrected chi connectivity index (χ2v) is 7.05. The van der Waals surface area contributed by atoms with Gasteiger partial charge in [0.1, 0.15) is 16.6 Å². The van der Waals surface area contributed by atoms with Gasteiger partial charge in [0.25, 0.3) is 5.91 Å². The van der Waals surface area contributed by atoms with Crippen molar-refractivity contribution < 1.29 is 18.4 Å². The Morgan fingerprint density at radius 3 is 2.70 bits per heavy atom. The molecule has 0 aliphatic heterocycles. The van der Waals surface area contributed by atoms with Crippen molar-refractivity contribution in [3.63, 3.8) is 0 Å². The van der Waals surface area contributed by atoms with Crippen molar-refractivity contribution in [2.45, 2.75) is 45.4 Å². The lowest BCUT2D eigenvalue weighted by atomic mass is 10.2. The van der Waals surface area contributed by atoms with Crippen LogP contribution in [0.4, 0.5) is 13.9 Å². The van der Waals surface area contributed by atoms with Crippen LogP contribution in [0.15, 0.2) is 18.2 Å². The second-order valence-electron chi connectivity index (χ2n) is 5.99. The molecule has 2 N–H and O–H groups in total. The van der Waals surface area contributed by atoms with Crippen LogP contribution < -0.4 is 10.6 Å². The lowest BCUT2D eigenvalue weighted by Crippen LogP contribution is -2.26. The number of aryl methyl sites for hydroxylation is 1. The van der Waals surface area contributed by atoms with Gasteiger partial charge < -0.3 is 10.6 Å². The van der Waals surface area contributed by atoms with E-state index in [0.29, 0.717) is 17.6 Å². The monoisotopic (exact) mass is 396 g/mol. The predicted molar refractivity (Wildman–Crippen MR) is 99.7 cm³/mol. The van der Waals surface area contributed by atoms with E-state index < -0.39 is 17.5 Å². The molecule has 0 spiro atoms. The van der Waals surface area contributed by atoms with E-state index in [9.17, 15) is 18.4 Å². The molecule has 6 nitrogen and oxygen atoms in total. The molecule has 2 rings (SSSR count). The summed E-state index contributed by atoms with van der Waals surface area (Å²) in [5.41, 5.74) is -0.231. The Morgan fingerprint density at radius 1 is 1.15 bits per heavy atom. The van der Waals surface area contributed by atoms with Crippen molar-refractivity contribution in [3.05, 3.63) is 40.4 Å². The van der Waals surface area contributed by atoms with Crippen LogP contribution in [0.2, 0.25) is 0 Å². The van der Waals surface area contributed by atoms with Gasteiger partial charge in [-0.2, -0.15) is 0 Å². The number of aromatic nitrogens is 2. The zero-order valence-corrected chi connectivity index (χ0v) is 15.9. The van der Waals surface area contributed by atoms with Crippen LogP contribution in [0.1, 0.15) is 54.4 Å². The Balaban J connectivity index is 1.68. The standard InChI is InChI=1S/C18H22F2N4O2S/c1-2-3-4-7-16-23-24-18(27-16)22-15(25)6-5-10-21-17(26)13-9-8-12(19)11-14(13)20/h8-9,11H,2-7,10H2,1H3,(H,21,26)(H,22,24,25). The lowest BCUT2D eigenvalue weighted by Gasteiger charge is -2.06. The number of nitrogens with zero attached hydrogens (tertiary/aromatic N) is 2. The first-order valence-corrected chi connectivity index (χ1v) is 9.66. The average Bonchev–Trinajstić information content (AvgIpc) is 3.06. The average molecular weight is 396 g/mol. The topological polar surface area (TPSA) is 84.0 Å². The summed E-state index contributed by atoms with van der Waals surface area (Å²) in [5, 5.41) is 14.5. The maximum absolute atomic E-state index is 13.5. The molecule has 1 aromatic carbocycles. The summed E-state index contributed by atoms with van der Waals surface area (Å²) in [7, 11) is 0. The quantitative estimate of drug-likeness (QED) is 0.600. The highest BCUT2D eigenvalue weighted by Crippen LogP contribution is 2.17. The molecule has 2 amide bonds. The van der Waals surface area contributed by atoms with Gasteiger partial charge in [-0.1, -0.05) is 31.1 Å². The number of halogens is 2. The molecule has 0 aliphatic rings. The van der Waals surface area contributed by atoms with E-state index in [-0.39, 0.29) is 24.4 Å². The first kappa shape index (κ1) is 20.9. The van der Waals surface area contributed by atoms with Crippen LogP contribution in [-0.4, -0.2) is 28.6 Å². The number of anilines is 1. The van der Waals surface area contributed by atoms with Gasteiger partial charge in [0.05, 0.1) is 5.56 Å². The molecule has 9 heteroatoms. The Kier molecular flexibility index (Phi) is 8.25. The molecule has 0 aliphatic carbocycles. The molecule has 0 radical (unpaired) electrons. The van der Waals surface area contributed by atoms with Crippen LogP contribution in [0, 0.1) is 11.6 Å². The van der Waals surface area contributed by atoms with Gasteiger partial charge in [-0.15, -0.1) is 10.2 Å². The van der Waals surface area contributed by atoms with Crippen molar-refractivity contribution in [2.75, 3.05) is 11.9 Å². The van der Waals surface area contributed by atoms with Gasteiger partial charge in [-0.25, -0.2) is 8.78 Å². The molecular formula is C18H22F2N4O2S. The first-order chi connectivity index (χ1) is 13.0. The minimum absolute atomic E-state index is 0.178. The summed E-state index contributed by atoms with van der Waals surface area (Å²) in [5.74, 6) is -2.54. The van der Waals surface area contributed by atoms with Gasteiger partial charge in [0.15, 0.2) is 0 Å². The number of rotatable bonds is 10. The molecule has 2 aromatic rings. The zero-order valence-electron chi connectivity index (χ0n) is 15.1. The summed E-state index contributed by atoms with van der Waals surface area (Å²) in [6.07, 6.45) is 4.72. The maximum Gasteiger partial charge on any atom is 0.254 e. The van der Waals surface area contributed by atoms with E-state index >= 15 is 0 Å². The molecule has 146 valence electrons. The van der Waals surface area contributed by atoms with E-state index in [1.807, 2.05) is 0 Å². The van der Waals surface area contributed by atoms with Gasteiger partial charge in [0, 0.05) is 25.5 Å². The fourth-order valence-corrected chi connectivity index (χ4v) is 3.13. The fraction of sp³-hybridized carbons (Fsp3) is 0.444. The van der Waals surface area contributed by atoms with Gasteiger partial charge >= 0.3 is 0 Å². The molecule has 0 saturated carbocycles. The second kappa shape index (κ2) is 10.7. The first-order valence-electron chi connectivity index (χ1n) is 8.85. The maximum atomic E-state index is 13.5. The molecule has 0 atom stereocenters. The minimum atomic E-state index is -0.920. The van der Waals surface area contributed by atoms with Crippen LogP contribution in [-0.2, 0) is 11.2 Å². The molecule has 27 heavy (non-hydrogen) atoms. The van der Waals surface area contributed by atoms with Crippen LogP contribution >= 0.6 is 11.3 Å². The molecule has 0 bridgehead atoms. The third-order valence-electron chi connectivity index (χ3n) is 3.75. The van der Waals surface area contributed by atoms with Crippen molar-refractivity contribution in [2.24, 2.45) is 0 Å². The molecule has 0 fully saturated rings. The highest BCUT2D eigenvalue weighted by Gasteiger charge is 2.12. The Morgan fingerprint density at radius 2 is 1.96 bits per heavy atom. The molecular weight excluding hydrogens is 374 g/mol. The fourth-order valence-electron chi connectivity index (χ4n) is 2.33. The smallest absolute Gasteiger partial charge is 0.254 e. The SMILES string of the molecule is CCCCCc1nnc(NC(=O)CCCNC(=O)c2ccc(F)cc2F)s1. The van der Waals surface area contributed by atoms with Crippen molar-refractivity contribution in [3.8, 4) is 0 Å². The Bertz CT molecular complexity index is 782. The zero-order chi connectivity index (χ0) is 19.6. The lowest BCUT2D eigenvalue weighted by molar-refractivity contribution is -0.116. The number of hydrogen-bond acceptors (Lipinski definition) is 5. The predicted octanol–water partition coefficient (Wildman–Crippen LogP) is 3.70. The molecule has 0 unspecified atom stereocenters. The van der Waals surface area contributed by atoms with E-state index in [1.54, 1.807) is 0 Å². The van der Waals surface area contributed by atoms with Crippen LogP contribution in [0.3, 0.4) is 0 Å². The highest BCUT2D eigenvalue weighted by atomic mass is 32.1.